The first kappa shape index (κ1) is 19.3. The molecule has 7 heteroatoms. The van der Waals surface area contributed by atoms with E-state index in [1.54, 1.807) is 11.3 Å². The van der Waals surface area contributed by atoms with Crippen LogP contribution < -0.4 is 4.90 Å². The fraction of sp³-hybridized carbons (Fsp3) is 0.0741. The van der Waals surface area contributed by atoms with Crippen LogP contribution in [-0.2, 0) is 0 Å². The molecule has 6 heterocycles. The Balaban J connectivity index is 1.50. The van der Waals surface area contributed by atoms with Crippen LogP contribution in [0.2, 0.25) is 0 Å². The Morgan fingerprint density at radius 2 is 1.82 bits per heavy atom. The molecule has 8 bridgehead atoms. The average molecular weight is 461 g/mol. The minimum absolute atomic E-state index is 0.793. The number of fused-ring (bicyclic) bond motifs is 9. The van der Waals surface area contributed by atoms with Crippen molar-refractivity contribution in [3.05, 3.63) is 78.2 Å². The van der Waals surface area contributed by atoms with Crippen LogP contribution in [-0.4, -0.2) is 38.7 Å². The van der Waals surface area contributed by atoms with Gasteiger partial charge in [-0.05, 0) is 48.0 Å². The highest BCUT2D eigenvalue weighted by Crippen LogP contribution is 2.37. The quantitative estimate of drug-likeness (QED) is 0.277. The van der Waals surface area contributed by atoms with Gasteiger partial charge in [0.05, 0.1) is 34.8 Å². The maximum atomic E-state index is 4.66. The number of aromatic nitrogens is 5. The zero-order valence-electron chi connectivity index (χ0n) is 18.4. The molecular weight excluding hydrogens is 440 g/mol. The fourth-order valence-electron chi connectivity index (χ4n) is 4.59. The first-order chi connectivity index (χ1) is 16.7. The number of hydrogen-bond acceptors (Lipinski definition) is 5. The van der Waals surface area contributed by atoms with Gasteiger partial charge in [0, 0.05) is 57.6 Å². The van der Waals surface area contributed by atoms with Gasteiger partial charge in [-0.3, -0.25) is 15.1 Å². The van der Waals surface area contributed by atoms with Crippen LogP contribution in [0.4, 0.5) is 5.69 Å². The van der Waals surface area contributed by atoms with Crippen LogP contribution in [0.1, 0.15) is 4.88 Å². The molecule has 0 saturated heterocycles. The Morgan fingerprint density at radius 1 is 0.882 bits per heavy atom. The third-order valence-corrected chi connectivity index (χ3v) is 7.50. The van der Waals surface area contributed by atoms with Crippen LogP contribution in [0, 0.1) is 0 Å². The van der Waals surface area contributed by atoms with Gasteiger partial charge < -0.3 is 9.88 Å². The summed E-state index contributed by atoms with van der Waals surface area (Å²) in [6, 6.07) is 15.1. The lowest BCUT2D eigenvalue weighted by Crippen LogP contribution is -2.16. The Morgan fingerprint density at radius 3 is 2.79 bits per heavy atom. The Labute approximate surface area is 199 Å². The molecule has 34 heavy (non-hydrogen) atoms. The van der Waals surface area contributed by atoms with Gasteiger partial charge in [0.25, 0.3) is 0 Å². The SMILES string of the molecule is CN1C/C=C/c2ccc(s2)-c2cncc3[nH]c(cc23)-c2n[nH]c3ccc(cc23)-c2cncc1c2. The second kappa shape index (κ2) is 7.40. The van der Waals surface area contributed by atoms with Crippen molar-refractivity contribution in [3.8, 4) is 33.0 Å². The summed E-state index contributed by atoms with van der Waals surface area (Å²) in [4.78, 5) is 17.2. The normalized spacial score (nSPS) is 14.1. The lowest BCUT2D eigenvalue weighted by Gasteiger charge is -2.17. The van der Waals surface area contributed by atoms with E-state index in [0.29, 0.717) is 0 Å². The van der Waals surface area contributed by atoms with Gasteiger partial charge in [0.15, 0.2) is 0 Å². The van der Waals surface area contributed by atoms with Gasteiger partial charge in [-0.25, -0.2) is 0 Å². The summed E-state index contributed by atoms with van der Waals surface area (Å²) in [6.45, 7) is 0.793. The van der Waals surface area contributed by atoms with Crippen molar-refractivity contribution in [3.63, 3.8) is 0 Å². The number of rotatable bonds is 0. The highest BCUT2D eigenvalue weighted by Gasteiger charge is 2.16. The molecule has 0 radical (unpaired) electrons. The van der Waals surface area contributed by atoms with E-state index in [1.807, 2.05) is 24.8 Å². The van der Waals surface area contributed by atoms with E-state index in [2.05, 4.69) is 91.7 Å². The van der Waals surface area contributed by atoms with Crippen molar-refractivity contribution in [2.24, 2.45) is 0 Å². The summed E-state index contributed by atoms with van der Waals surface area (Å²) in [6.07, 6.45) is 12.0. The molecule has 164 valence electrons. The molecule has 7 rings (SSSR count). The molecule has 2 N–H and O–H groups in total. The summed E-state index contributed by atoms with van der Waals surface area (Å²) < 4.78 is 0. The lowest BCUT2D eigenvalue weighted by molar-refractivity contribution is 1.02. The highest BCUT2D eigenvalue weighted by atomic mass is 32.1. The van der Waals surface area contributed by atoms with Crippen molar-refractivity contribution < 1.29 is 0 Å². The third kappa shape index (κ3) is 3.05. The predicted octanol–water partition coefficient (Wildman–Crippen LogP) is 6.36. The maximum absolute atomic E-state index is 4.66. The third-order valence-electron chi connectivity index (χ3n) is 6.42. The number of pyridine rings is 2. The minimum Gasteiger partial charge on any atom is -0.370 e. The molecule has 0 spiro atoms. The minimum atomic E-state index is 0.793. The summed E-state index contributed by atoms with van der Waals surface area (Å²) in [5, 5.41) is 10.1. The summed E-state index contributed by atoms with van der Waals surface area (Å²) >= 11 is 1.77. The topological polar surface area (TPSA) is 73.5 Å². The van der Waals surface area contributed by atoms with E-state index in [9.17, 15) is 0 Å². The second-order valence-electron chi connectivity index (χ2n) is 8.58. The summed E-state index contributed by atoms with van der Waals surface area (Å²) in [5.74, 6) is 0. The summed E-state index contributed by atoms with van der Waals surface area (Å²) in [5.41, 5.74) is 8.26. The zero-order valence-corrected chi connectivity index (χ0v) is 19.2. The molecule has 1 aliphatic rings. The number of nitrogens with zero attached hydrogens (tertiary/aromatic N) is 4. The molecule has 0 amide bonds. The van der Waals surface area contributed by atoms with E-state index in [-0.39, 0.29) is 0 Å². The molecule has 0 unspecified atom stereocenters. The highest BCUT2D eigenvalue weighted by molar-refractivity contribution is 7.16. The number of aromatic amines is 2. The van der Waals surface area contributed by atoms with Crippen molar-refractivity contribution in [2.45, 2.75) is 0 Å². The molecular formula is C27H20N6S. The summed E-state index contributed by atoms with van der Waals surface area (Å²) in [7, 11) is 2.09. The van der Waals surface area contributed by atoms with E-state index in [1.165, 1.54) is 9.75 Å². The molecule has 0 aliphatic carbocycles. The van der Waals surface area contributed by atoms with Crippen LogP contribution in [0.25, 0.3) is 60.8 Å². The van der Waals surface area contributed by atoms with Gasteiger partial charge in [-0.15, -0.1) is 11.3 Å². The van der Waals surface area contributed by atoms with Crippen molar-refractivity contribution in [1.29, 1.82) is 0 Å². The zero-order chi connectivity index (χ0) is 22.6. The standard InChI is InChI=1S/C27H20N6S/c1-33-8-2-3-19-5-7-26(34-19)22-14-29-15-25-20(22)11-24(30-25)27-21-10-16(4-6-23(21)31-32-27)17-9-18(33)13-28-12-17/h2-7,9-15,30H,8H2,1H3,(H,31,32)/b3-2+. The lowest BCUT2D eigenvalue weighted by atomic mass is 10.0. The van der Waals surface area contributed by atoms with E-state index in [4.69, 9.17) is 0 Å². The number of hydrogen-bond donors (Lipinski definition) is 2. The fourth-order valence-corrected chi connectivity index (χ4v) is 5.55. The number of anilines is 1. The maximum Gasteiger partial charge on any atom is 0.116 e. The number of benzene rings is 1. The largest absolute Gasteiger partial charge is 0.370 e. The molecule has 0 atom stereocenters. The molecule has 1 aliphatic heterocycles. The molecule has 0 fully saturated rings. The van der Waals surface area contributed by atoms with Crippen LogP contribution in [0.5, 0.6) is 0 Å². The first-order valence-corrected chi connectivity index (χ1v) is 11.9. The van der Waals surface area contributed by atoms with Crippen LogP contribution in [0.3, 0.4) is 0 Å². The first-order valence-electron chi connectivity index (χ1n) is 11.1. The number of nitrogens with one attached hydrogen (secondary N) is 2. The van der Waals surface area contributed by atoms with Crippen molar-refractivity contribution in [1.82, 2.24) is 25.1 Å². The van der Waals surface area contributed by atoms with Gasteiger partial charge in [0.1, 0.15) is 5.69 Å². The van der Waals surface area contributed by atoms with Gasteiger partial charge >= 0.3 is 0 Å². The number of likely N-dealkylation sites (N-methyl/N-ethyl adjacent to an activating group) is 1. The average Bonchev–Trinajstić information content (AvgIpc) is 3.60. The molecule has 0 saturated carbocycles. The second-order valence-corrected chi connectivity index (χ2v) is 9.70. The van der Waals surface area contributed by atoms with Gasteiger partial charge in [0.2, 0.25) is 0 Å². The van der Waals surface area contributed by atoms with Crippen molar-refractivity contribution in [2.75, 3.05) is 18.5 Å². The van der Waals surface area contributed by atoms with E-state index in [0.717, 1.165) is 62.1 Å². The van der Waals surface area contributed by atoms with Gasteiger partial charge in [-0.2, -0.15) is 5.10 Å². The van der Waals surface area contributed by atoms with E-state index < -0.39 is 0 Å². The smallest absolute Gasteiger partial charge is 0.116 e. The Kier molecular flexibility index (Phi) is 4.19. The number of thiophene rings is 1. The van der Waals surface area contributed by atoms with Gasteiger partial charge in [-0.1, -0.05) is 12.1 Å². The van der Waals surface area contributed by atoms with Crippen LogP contribution in [0.15, 0.2) is 73.3 Å². The monoisotopic (exact) mass is 460 g/mol. The molecule has 6 nitrogen and oxygen atoms in total. The van der Waals surface area contributed by atoms with E-state index >= 15 is 0 Å². The number of H-pyrrole nitrogens is 2. The molecule has 1 aromatic carbocycles. The van der Waals surface area contributed by atoms with Crippen molar-refractivity contribution >= 4 is 44.9 Å². The molecule has 5 aromatic heterocycles. The van der Waals surface area contributed by atoms with Crippen LogP contribution >= 0.6 is 11.3 Å². The Bertz CT molecular complexity index is 1720. The molecule has 6 aromatic rings. The Hall–Kier alpha value is -4.23. The predicted molar refractivity (Wildman–Crippen MR) is 140 cm³/mol.